The molecule has 2 bridgehead atoms. The molecule has 3 N–H and O–H groups in total. The maximum Gasteiger partial charge on any atom is 0.319 e. The van der Waals surface area contributed by atoms with Crippen LogP contribution in [0.15, 0.2) is 18.2 Å². The third kappa shape index (κ3) is 4.60. The quantitative estimate of drug-likeness (QED) is 0.296. The highest BCUT2D eigenvalue weighted by Crippen LogP contribution is 2.44. The van der Waals surface area contributed by atoms with Gasteiger partial charge in [-0.3, -0.25) is 4.90 Å². The molecule has 0 spiro atoms. The number of hydrogen-bond donors (Lipinski definition) is 2. The number of piperidine rings is 2. The van der Waals surface area contributed by atoms with Gasteiger partial charge < -0.3 is 20.7 Å². The van der Waals surface area contributed by atoms with Gasteiger partial charge in [-0.05, 0) is 62.9 Å². The molecule has 4 saturated heterocycles. The standard InChI is InChI=1S/C30H31ClF3N7OS/c31-20-9-19-24(23(34)22(20)18-2-3-21(33)26-25(18)37-28(35)43-26)38-29(42-14-30-5-1-7-41(30)12-16(32)10-30)39-27(19)40-11-15-4-6-36-17(8-15)13-40/h2-3,9,15-17,36H,1,4-8,10-14H2,(H2,35,37)/t15?,16-,17?,30+/m1/s1. The lowest BCUT2D eigenvalue weighted by Gasteiger charge is -2.42. The van der Waals surface area contributed by atoms with Crippen LogP contribution in [-0.4, -0.2) is 76.9 Å². The fourth-order valence-corrected chi connectivity index (χ4v) is 8.84. The summed E-state index contributed by atoms with van der Waals surface area (Å²) < 4.78 is 52.3. The number of anilines is 2. The van der Waals surface area contributed by atoms with Crippen LogP contribution in [0.1, 0.15) is 32.1 Å². The number of alkyl halides is 1. The molecule has 0 saturated carbocycles. The Kier molecular flexibility index (Phi) is 6.63. The molecule has 4 atom stereocenters. The van der Waals surface area contributed by atoms with Gasteiger partial charge in [0.25, 0.3) is 0 Å². The van der Waals surface area contributed by atoms with Crippen molar-refractivity contribution in [1.82, 2.24) is 25.2 Å². The second-order valence-corrected chi connectivity index (χ2v) is 13.8. The molecule has 226 valence electrons. The van der Waals surface area contributed by atoms with E-state index in [1.807, 2.05) is 0 Å². The zero-order chi connectivity index (χ0) is 29.5. The van der Waals surface area contributed by atoms with Gasteiger partial charge in [-0.2, -0.15) is 9.97 Å². The highest BCUT2D eigenvalue weighted by molar-refractivity contribution is 7.22. The minimum absolute atomic E-state index is 0.0454. The summed E-state index contributed by atoms with van der Waals surface area (Å²) in [6.07, 6.45) is 3.46. The Labute approximate surface area is 255 Å². The summed E-state index contributed by atoms with van der Waals surface area (Å²) in [5.41, 5.74) is 6.19. The maximum atomic E-state index is 16.7. The smallest absolute Gasteiger partial charge is 0.319 e. The average Bonchev–Trinajstić information content (AvgIpc) is 3.64. The molecule has 2 aromatic carbocycles. The van der Waals surface area contributed by atoms with Crippen LogP contribution < -0.4 is 20.7 Å². The number of fused-ring (bicyclic) bond motifs is 5. The summed E-state index contributed by atoms with van der Waals surface area (Å²) in [7, 11) is 0. The van der Waals surface area contributed by atoms with Crippen molar-refractivity contribution in [3.05, 3.63) is 34.9 Å². The van der Waals surface area contributed by atoms with E-state index < -0.39 is 23.3 Å². The topological polar surface area (TPSA) is 92.4 Å². The van der Waals surface area contributed by atoms with Crippen molar-refractivity contribution in [3.63, 3.8) is 0 Å². The average molecular weight is 630 g/mol. The first kappa shape index (κ1) is 27.6. The minimum atomic E-state index is -0.897. The van der Waals surface area contributed by atoms with Gasteiger partial charge in [0.2, 0.25) is 0 Å². The van der Waals surface area contributed by atoms with Crippen molar-refractivity contribution >= 4 is 55.0 Å². The Morgan fingerprint density at radius 2 is 2.05 bits per heavy atom. The monoisotopic (exact) mass is 629 g/mol. The normalized spacial score (nSPS) is 27.3. The van der Waals surface area contributed by atoms with Crippen LogP contribution >= 0.6 is 22.9 Å². The lowest BCUT2D eigenvalue weighted by molar-refractivity contribution is 0.107. The van der Waals surface area contributed by atoms with Gasteiger partial charge in [0.1, 0.15) is 29.9 Å². The number of ether oxygens (including phenoxy) is 1. The van der Waals surface area contributed by atoms with E-state index in [-0.39, 0.29) is 44.1 Å². The molecule has 0 amide bonds. The van der Waals surface area contributed by atoms with E-state index in [4.69, 9.17) is 27.1 Å². The number of nitrogens with zero attached hydrogens (tertiary/aromatic N) is 5. The zero-order valence-corrected chi connectivity index (χ0v) is 25.0. The summed E-state index contributed by atoms with van der Waals surface area (Å²) in [6.45, 7) is 3.93. The van der Waals surface area contributed by atoms with Crippen molar-refractivity contribution in [2.75, 3.05) is 50.0 Å². The summed E-state index contributed by atoms with van der Waals surface area (Å²) in [4.78, 5) is 18.0. The Morgan fingerprint density at radius 1 is 1.16 bits per heavy atom. The number of aromatic nitrogens is 3. The Balaban J connectivity index is 1.26. The predicted octanol–water partition coefficient (Wildman–Crippen LogP) is 5.56. The third-order valence-electron chi connectivity index (χ3n) is 9.68. The number of nitrogens with two attached hydrogens (primary N) is 1. The predicted molar refractivity (Wildman–Crippen MR) is 163 cm³/mol. The van der Waals surface area contributed by atoms with Crippen LogP contribution in [0.4, 0.5) is 24.1 Å². The van der Waals surface area contributed by atoms with E-state index in [1.165, 1.54) is 12.1 Å². The first-order valence-electron chi connectivity index (χ1n) is 14.8. The molecule has 13 heteroatoms. The van der Waals surface area contributed by atoms with Crippen molar-refractivity contribution in [2.24, 2.45) is 5.92 Å². The molecular weight excluding hydrogens is 599 g/mol. The molecule has 4 aliphatic heterocycles. The minimum Gasteiger partial charge on any atom is -0.461 e. The van der Waals surface area contributed by atoms with E-state index >= 15 is 4.39 Å². The SMILES string of the molecule is Nc1nc2c(-c3c(Cl)cc4c(N5CC6CCNC(C6)C5)nc(OC[C@@]56CCCN5C[C@H](F)C6)nc4c3F)ccc(F)c2s1. The largest absolute Gasteiger partial charge is 0.461 e. The summed E-state index contributed by atoms with van der Waals surface area (Å²) in [5, 5.41) is 4.36. The zero-order valence-electron chi connectivity index (χ0n) is 23.4. The molecule has 0 radical (unpaired) electrons. The lowest BCUT2D eigenvalue weighted by atomic mass is 9.88. The van der Waals surface area contributed by atoms with Crippen LogP contribution in [0.25, 0.3) is 32.2 Å². The van der Waals surface area contributed by atoms with E-state index in [9.17, 15) is 8.78 Å². The fraction of sp³-hybridized carbons (Fsp3) is 0.500. The molecule has 2 unspecified atom stereocenters. The van der Waals surface area contributed by atoms with Crippen LogP contribution in [-0.2, 0) is 0 Å². The molecular formula is C30H31ClF3N7OS. The fourth-order valence-electron chi connectivity index (χ4n) is 7.78. The van der Waals surface area contributed by atoms with E-state index in [1.54, 1.807) is 6.07 Å². The molecule has 0 aliphatic carbocycles. The van der Waals surface area contributed by atoms with Crippen LogP contribution in [0.2, 0.25) is 5.02 Å². The van der Waals surface area contributed by atoms with Crippen molar-refractivity contribution in [1.29, 1.82) is 0 Å². The number of benzene rings is 2. The summed E-state index contributed by atoms with van der Waals surface area (Å²) in [5.74, 6) is -0.111. The summed E-state index contributed by atoms with van der Waals surface area (Å²) >= 11 is 7.81. The molecule has 4 fully saturated rings. The van der Waals surface area contributed by atoms with Crippen molar-refractivity contribution in [2.45, 2.75) is 49.9 Å². The number of hydrogen-bond acceptors (Lipinski definition) is 9. The van der Waals surface area contributed by atoms with Gasteiger partial charge in [0.05, 0.1) is 20.8 Å². The van der Waals surface area contributed by atoms with E-state index in [0.29, 0.717) is 48.2 Å². The maximum absolute atomic E-state index is 16.7. The van der Waals surface area contributed by atoms with Gasteiger partial charge in [0.15, 0.2) is 10.9 Å². The summed E-state index contributed by atoms with van der Waals surface area (Å²) in [6, 6.07) is 4.75. The molecule has 2 aromatic heterocycles. The van der Waals surface area contributed by atoms with Crippen molar-refractivity contribution in [3.8, 4) is 17.1 Å². The highest BCUT2D eigenvalue weighted by Gasteiger charge is 2.49. The van der Waals surface area contributed by atoms with E-state index in [0.717, 1.165) is 56.7 Å². The van der Waals surface area contributed by atoms with Crippen LogP contribution in [0.3, 0.4) is 0 Å². The highest BCUT2D eigenvalue weighted by atomic mass is 35.5. The molecule has 8 rings (SSSR count). The second kappa shape index (κ2) is 10.3. The molecule has 43 heavy (non-hydrogen) atoms. The van der Waals surface area contributed by atoms with Gasteiger partial charge >= 0.3 is 6.01 Å². The first-order valence-corrected chi connectivity index (χ1v) is 16.0. The van der Waals surface area contributed by atoms with Gasteiger partial charge in [-0.1, -0.05) is 22.9 Å². The van der Waals surface area contributed by atoms with Gasteiger partial charge in [0, 0.05) is 48.6 Å². The Bertz CT molecular complexity index is 1740. The number of thiazole rings is 1. The van der Waals surface area contributed by atoms with Crippen molar-refractivity contribution < 1.29 is 17.9 Å². The number of rotatable bonds is 5. The number of nitrogen functional groups attached to an aromatic ring is 1. The number of nitrogens with one attached hydrogen (secondary N) is 1. The molecule has 8 nitrogen and oxygen atoms in total. The van der Waals surface area contributed by atoms with Crippen LogP contribution in [0.5, 0.6) is 6.01 Å². The Morgan fingerprint density at radius 3 is 2.91 bits per heavy atom. The molecule has 4 aliphatic rings. The van der Waals surface area contributed by atoms with Crippen LogP contribution in [0, 0.1) is 17.6 Å². The first-order chi connectivity index (χ1) is 20.8. The molecule has 4 aromatic rings. The lowest BCUT2D eigenvalue weighted by Crippen LogP contribution is -2.53. The number of halogens is 4. The molecule has 6 heterocycles. The third-order valence-corrected chi connectivity index (χ3v) is 10.9. The van der Waals surface area contributed by atoms with E-state index in [2.05, 4.69) is 25.1 Å². The van der Waals surface area contributed by atoms with Gasteiger partial charge in [-0.25, -0.2) is 18.2 Å². The van der Waals surface area contributed by atoms with Gasteiger partial charge in [-0.15, -0.1) is 0 Å². The second-order valence-electron chi connectivity index (χ2n) is 12.4. The Hall–Kier alpha value is -2.93.